The number of aliphatic carboxylic acids is 1. The Morgan fingerprint density at radius 3 is 2.33 bits per heavy atom. The first kappa shape index (κ1) is 21.2. The van der Waals surface area contributed by atoms with Gasteiger partial charge >= 0.3 is 12.0 Å². The second-order valence-electron chi connectivity index (χ2n) is 7.56. The zero-order valence-electron chi connectivity index (χ0n) is 17.0. The molecule has 6 nitrogen and oxygen atoms in total. The van der Waals surface area contributed by atoms with Crippen molar-refractivity contribution >= 4 is 12.0 Å². The lowest BCUT2D eigenvalue weighted by molar-refractivity contribution is -0.147. The molecule has 6 heteroatoms. The Morgan fingerprint density at radius 1 is 1.22 bits per heavy atom. The van der Waals surface area contributed by atoms with Crippen LogP contribution >= 0.6 is 0 Å². The highest BCUT2D eigenvalue weighted by atomic mass is 16.4. The van der Waals surface area contributed by atoms with Gasteiger partial charge in [0, 0.05) is 19.6 Å². The first-order valence-corrected chi connectivity index (χ1v) is 9.93. The van der Waals surface area contributed by atoms with Gasteiger partial charge in [0.15, 0.2) is 0 Å². The monoisotopic (exact) mass is 375 g/mol. The summed E-state index contributed by atoms with van der Waals surface area (Å²) in [6.07, 6.45) is 1.50. The van der Waals surface area contributed by atoms with E-state index in [0.717, 1.165) is 19.5 Å². The Labute approximate surface area is 162 Å². The van der Waals surface area contributed by atoms with Gasteiger partial charge in [0.05, 0.1) is 11.5 Å². The third-order valence-electron chi connectivity index (χ3n) is 5.75. The second-order valence-corrected chi connectivity index (χ2v) is 7.56. The molecule has 0 aliphatic carbocycles. The fourth-order valence-corrected chi connectivity index (χ4v) is 3.70. The molecule has 1 fully saturated rings. The van der Waals surface area contributed by atoms with E-state index in [9.17, 15) is 14.7 Å². The van der Waals surface area contributed by atoms with Crippen molar-refractivity contribution < 1.29 is 14.7 Å². The average Bonchev–Trinajstić information content (AvgIpc) is 3.09. The highest BCUT2D eigenvalue weighted by Gasteiger charge is 2.42. The number of carbonyl (C=O) groups is 2. The van der Waals surface area contributed by atoms with Crippen molar-refractivity contribution in [3.63, 3.8) is 0 Å². The van der Waals surface area contributed by atoms with Crippen molar-refractivity contribution in [3.05, 3.63) is 35.4 Å². The lowest BCUT2D eigenvalue weighted by atomic mass is 9.90. The van der Waals surface area contributed by atoms with E-state index in [1.54, 1.807) is 11.8 Å². The average molecular weight is 376 g/mol. The lowest BCUT2D eigenvalue weighted by Crippen LogP contribution is -2.44. The first-order chi connectivity index (χ1) is 12.8. The van der Waals surface area contributed by atoms with E-state index in [4.69, 9.17) is 0 Å². The smallest absolute Gasteiger partial charge is 0.317 e. The number of hydrogen-bond donors (Lipinski definition) is 2. The van der Waals surface area contributed by atoms with Crippen LogP contribution in [0.5, 0.6) is 0 Å². The Kier molecular flexibility index (Phi) is 7.25. The number of likely N-dealkylation sites (N-methyl/N-ethyl adjacent to an activating group) is 1. The molecule has 27 heavy (non-hydrogen) atoms. The zero-order chi connectivity index (χ0) is 20.0. The van der Waals surface area contributed by atoms with Crippen molar-refractivity contribution in [1.82, 2.24) is 15.1 Å². The number of carbonyl (C=O) groups excluding carboxylic acids is 1. The molecule has 1 aliphatic rings. The van der Waals surface area contributed by atoms with E-state index in [0.29, 0.717) is 19.5 Å². The van der Waals surface area contributed by atoms with E-state index in [2.05, 4.69) is 55.3 Å². The fraction of sp³-hybridized carbons (Fsp3) is 0.619. The maximum atomic E-state index is 12.6. The van der Waals surface area contributed by atoms with Crippen LogP contribution in [0, 0.1) is 5.41 Å². The van der Waals surface area contributed by atoms with Crippen LogP contribution in [0.2, 0.25) is 0 Å². The maximum absolute atomic E-state index is 12.6. The number of benzene rings is 1. The topological polar surface area (TPSA) is 72.9 Å². The molecule has 1 aliphatic heterocycles. The molecular formula is C21H33N3O3. The highest BCUT2D eigenvalue weighted by Crippen LogP contribution is 2.30. The number of nitrogens with one attached hydrogen (secondary N) is 1. The molecule has 2 rings (SSSR count). The van der Waals surface area contributed by atoms with Crippen LogP contribution in [0.1, 0.15) is 51.3 Å². The van der Waals surface area contributed by atoms with Crippen LogP contribution < -0.4 is 5.32 Å². The van der Waals surface area contributed by atoms with Crippen LogP contribution in [-0.2, 0) is 11.2 Å². The molecule has 0 radical (unpaired) electrons. The van der Waals surface area contributed by atoms with Gasteiger partial charge in [-0.3, -0.25) is 9.69 Å². The Hall–Kier alpha value is -2.08. The minimum Gasteiger partial charge on any atom is -0.481 e. The Bertz CT molecular complexity index is 643. The maximum Gasteiger partial charge on any atom is 0.317 e. The number of rotatable bonds is 8. The molecule has 1 aromatic rings. The highest BCUT2D eigenvalue weighted by molar-refractivity contribution is 5.79. The first-order valence-electron chi connectivity index (χ1n) is 9.93. The summed E-state index contributed by atoms with van der Waals surface area (Å²) in [5, 5.41) is 12.4. The molecule has 2 unspecified atom stereocenters. The normalized spacial score (nSPS) is 20.7. The van der Waals surface area contributed by atoms with Crippen LogP contribution in [0.3, 0.4) is 0 Å². The van der Waals surface area contributed by atoms with E-state index in [1.165, 1.54) is 11.1 Å². The summed E-state index contributed by atoms with van der Waals surface area (Å²) in [5.41, 5.74) is 1.64. The van der Waals surface area contributed by atoms with Crippen molar-refractivity contribution in [2.45, 2.75) is 46.6 Å². The summed E-state index contributed by atoms with van der Waals surface area (Å²) in [4.78, 5) is 27.9. The largest absolute Gasteiger partial charge is 0.481 e. The summed E-state index contributed by atoms with van der Waals surface area (Å²) in [6, 6.07) is 8.50. The quantitative estimate of drug-likeness (QED) is 0.732. The van der Waals surface area contributed by atoms with Gasteiger partial charge in [0.2, 0.25) is 0 Å². The van der Waals surface area contributed by atoms with E-state index in [-0.39, 0.29) is 18.6 Å². The van der Waals surface area contributed by atoms with Crippen LogP contribution in [0.25, 0.3) is 0 Å². The molecule has 0 saturated carbocycles. The molecule has 0 aromatic heterocycles. The summed E-state index contributed by atoms with van der Waals surface area (Å²) in [5.74, 6) is -0.838. The zero-order valence-corrected chi connectivity index (χ0v) is 17.0. The summed E-state index contributed by atoms with van der Waals surface area (Å²) < 4.78 is 0. The molecule has 2 N–H and O–H groups in total. The third-order valence-corrected chi connectivity index (χ3v) is 5.75. The van der Waals surface area contributed by atoms with E-state index in [1.807, 2.05) is 0 Å². The number of nitrogens with zero attached hydrogens (tertiary/aromatic N) is 2. The minimum atomic E-state index is -0.842. The molecule has 1 aromatic carbocycles. The molecule has 1 heterocycles. The number of carboxylic acids is 1. The third kappa shape index (κ3) is 5.01. The summed E-state index contributed by atoms with van der Waals surface area (Å²) in [7, 11) is 0. The molecule has 2 atom stereocenters. The Balaban J connectivity index is 2.05. The van der Waals surface area contributed by atoms with Crippen molar-refractivity contribution in [2.75, 3.05) is 32.7 Å². The van der Waals surface area contributed by atoms with Crippen molar-refractivity contribution in [2.24, 2.45) is 5.41 Å². The molecule has 0 spiro atoms. The van der Waals surface area contributed by atoms with Crippen LogP contribution in [0.4, 0.5) is 4.79 Å². The predicted molar refractivity (Wildman–Crippen MR) is 107 cm³/mol. The van der Waals surface area contributed by atoms with Gasteiger partial charge in [-0.15, -0.1) is 0 Å². The van der Waals surface area contributed by atoms with Crippen molar-refractivity contribution in [3.8, 4) is 0 Å². The predicted octanol–water partition coefficient (Wildman–Crippen LogP) is 3.14. The Morgan fingerprint density at radius 2 is 1.85 bits per heavy atom. The summed E-state index contributed by atoms with van der Waals surface area (Å²) >= 11 is 0. The minimum absolute atomic E-state index is 0.100. The molecule has 150 valence electrons. The number of carboxylic acid groups (broad SMARTS) is 1. The molecular weight excluding hydrogens is 342 g/mol. The van der Waals surface area contributed by atoms with Gasteiger partial charge in [-0.2, -0.15) is 0 Å². The SMILES string of the molecule is CCc1ccc(C(CNC(=O)N2CCC(C)(C(=O)O)C2)N(CC)CC)cc1. The number of hydrogen-bond acceptors (Lipinski definition) is 3. The fourth-order valence-electron chi connectivity index (χ4n) is 3.70. The van der Waals surface area contributed by atoms with Gasteiger partial charge in [-0.25, -0.2) is 4.79 Å². The summed E-state index contributed by atoms with van der Waals surface area (Å²) in [6.45, 7) is 11.1. The van der Waals surface area contributed by atoms with Gasteiger partial charge in [-0.1, -0.05) is 45.0 Å². The van der Waals surface area contributed by atoms with E-state index < -0.39 is 11.4 Å². The van der Waals surface area contributed by atoms with Crippen LogP contribution in [0.15, 0.2) is 24.3 Å². The number of aryl methyl sites for hydroxylation is 1. The standard InChI is InChI=1S/C21H33N3O3/c1-5-16-8-10-17(11-9-16)18(23(6-2)7-3)14-22-20(27)24-13-12-21(4,15-24)19(25)26/h8-11,18H,5-7,12-15H2,1-4H3,(H,22,27)(H,25,26). The van der Waals surface area contributed by atoms with Gasteiger partial charge in [0.25, 0.3) is 0 Å². The number of likely N-dealkylation sites (tertiary alicyclic amines) is 1. The lowest BCUT2D eigenvalue weighted by Gasteiger charge is -2.31. The molecule has 2 amide bonds. The van der Waals surface area contributed by atoms with Crippen LogP contribution in [-0.4, -0.2) is 59.6 Å². The number of urea groups is 1. The van der Waals surface area contributed by atoms with Gasteiger partial charge in [0.1, 0.15) is 0 Å². The molecule has 0 bridgehead atoms. The molecule has 1 saturated heterocycles. The van der Waals surface area contributed by atoms with Gasteiger partial charge in [-0.05, 0) is 44.0 Å². The van der Waals surface area contributed by atoms with E-state index >= 15 is 0 Å². The van der Waals surface area contributed by atoms with Crippen molar-refractivity contribution in [1.29, 1.82) is 0 Å². The number of amides is 2. The second kappa shape index (κ2) is 9.22. The van der Waals surface area contributed by atoms with Gasteiger partial charge < -0.3 is 15.3 Å².